The number of carbonyl (C=O) groups is 3. The molecule has 7 nitrogen and oxygen atoms in total. The van der Waals surface area contributed by atoms with Gasteiger partial charge in [-0.1, -0.05) is 54.6 Å². The molecule has 2 fully saturated rings. The van der Waals surface area contributed by atoms with Crippen LogP contribution in [-0.2, 0) is 11.3 Å². The maximum Gasteiger partial charge on any atom is 0.329 e. The van der Waals surface area contributed by atoms with E-state index in [9.17, 15) is 14.4 Å². The molecule has 5 rings (SSSR count). The van der Waals surface area contributed by atoms with Gasteiger partial charge in [0.15, 0.2) is 5.78 Å². The molecule has 0 aromatic heterocycles. The second-order valence-electron chi connectivity index (χ2n) is 8.73. The smallest absolute Gasteiger partial charge is 0.329 e. The lowest BCUT2D eigenvalue weighted by molar-refractivity contribution is -0.147. The van der Waals surface area contributed by atoms with Crippen molar-refractivity contribution in [1.29, 1.82) is 0 Å². The van der Waals surface area contributed by atoms with Crippen molar-refractivity contribution in [2.75, 3.05) is 36.0 Å². The van der Waals surface area contributed by atoms with E-state index in [2.05, 4.69) is 4.90 Å². The number of carboxylic acids is 1. The van der Waals surface area contributed by atoms with Gasteiger partial charge in [0.05, 0.1) is 5.92 Å². The second-order valence-corrected chi connectivity index (χ2v) is 8.73. The Balaban J connectivity index is 1.25. The van der Waals surface area contributed by atoms with Crippen molar-refractivity contribution in [2.45, 2.75) is 6.54 Å². The van der Waals surface area contributed by atoms with Crippen LogP contribution in [0.25, 0.3) is 0 Å². The van der Waals surface area contributed by atoms with E-state index in [1.807, 2.05) is 48.5 Å². The number of amides is 2. The third-order valence-electron chi connectivity index (χ3n) is 6.43. The van der Waals surface area contributed by atoms with E-state index in [-0.39, 0.29) is 17.7 Å². The molecule has 2 amide bonds. The summed E-state index contributed by atoms with van der Waals surface area (Å²) < 4.78 is 0. The van der Waals surface area contributed by atoms with E-state index in [0.29, 0.717) is 49.5 Å². The van der Waals surface area contributed by atoms with E-state index >= 15 is 0 Å². The zero-order chi connectivity index (χ0) is 23.7. The highest BCUT2D eigenvalue weighted by Gasteiger charge is 2.33. The number of urea groups is 1. The van der Waals surface area contributed by atoms with Crippen LogP contribution in [0.1, 0.15) is 21.5 Å². The summed E-state index contributed by atoms with van der Waals surface area (Å²) in [5.41, 5.74) is 3.78. The summed E-state index contributed by atoms with van der Waals surface area (Å²) in [4.78, 5) is 42.5. The molecule has 3 aromatic carbocycles. The number of likely N-dealkylation sites (tertiary alicyclic amines) is 1. The number of aliphatic carboxylic acids is 1. The summed E-state index contributed by atoms with van der Waals surface area (Å²) in [6.45, 7) is 2.94. The third-order valence-corrected chi connectivity index (χ3v) is 6.43. The first-order chi connectivity index (χ1) is 16.5. The molecule has 2 heterocycles. The SMILES string of the molecule is O=C(c1ccccc1)c1cccc(N2CCN(c3ccc(CN4CC(C(=O)O)C4)cc3)C2=O)c1. The molecule has 0 saturated carbocycles. The van der Waals surface area contributed by atoms with Crippen molar-refractivity contribution in [3.63, 3.8) is 0 Å². The summed E-state index contributed by atoms with van der Waals surface area (Å²) in [7, 11) is 0. The van der Waals surface area contributed by atoms with Crippen LogP contribution in [0.5, 0.6) is 0 Å². The topological polar surface area (TPSA) is 81.2 Å². The lowest BCUT2D eigenvalue weighted by Gasteiger charge is -2.36. The highest BCUT2D eigenvalue weighted by molar-refractivity contribution is 6.11. The maximum atomic E-state index is 13.2. The fraction of sp³-hybridized carbons (Fsp3) is 0.222. The molecule has 0 bridgehead atoms. The average Bonchev–Trinajstić information content (AvgIpc) is 3.22. The van der Waals surface area contributed by atoms with Crippen molar-refractivity contribution in [3.8, 4) is 0 Å². The van der Waals surface area contributed by atoms with Crippen molar-refractivity contribution in [2.24, 2.45) is 5.92 Å². The molecule has 172 valence electrons. The van der Waals surface area contributed by atoms with Crippen LogP contribution in [-0.4, -0.2) is 54.0 Å². The number of carboxylic acid groups (broad SMARTS) is 1. The van der Waals surface area contributed by atoms with Crippen molar-refractivity contribution >= 4 is 29.2 Å². The maximum absolute atomic E-state index is 13.2. The summed E-state index contributed by atoms with van der Waals surface area (Å²) in [6.07, 6.45) is 0. The fourth-order valence-electron chi connectivity index (χ4n) is 4.48. The number of rotatable bonds is 7. The van der Waals surface area contributed by atoms with E-state index in [0.717, 1.165) is 11.3 Å². The number of anilines is 2. The minimum absolute atomic E-state index is 0.0709. The molecular formula is C27H25N3O4. The molecule has 0 unspecified atom stereocenters. The molecule has 2 aliphatic heterocycles. The minimum Gasteiger partial charge on any atom is -0.481 e. The molecule has 7 heteroatoms. The first-order valence-electron chi connectivity index (χ1n) is 11.3. The van der Waals surface area contributed by atoms with Gasteiger partial charge in [0.1, 0.15) is 0 Å². The number of benzene rings is 3. The summed E-state index contributed by atoms with van der Waals surface area (Å²) in [5, 5.41) is 9.01. The highest BCUT2D eigenvalue weighted by atomic mass is 16.4. The Morgan fingerprint density at radius 1 is 0.794 bits per heavy atom. The fourth-order valence-corrected chi connectivity index (χ4v) is 4.48. The Morgan fingerprint density at radius 2 is 1.44 bits per heavy atom. The van der Waals surface area contributed by atoms with Gasteiger partial charge in [0.25, 0.3) is 0 Å². The lowest BCUT2D eigenvalue weighted by Crippen LogP contribution is -2.49. The number of carbonyl (C=O) groups excluding carboxylic acids is 2. The predicted octanol–water partition coefficient (Wildman–Crippen LogP) is 3.88. The van der Waals surface area contributed by atoms with Crippen molar-refractivity contribution < 1.29 is 19.5 Å². The van der Waals surface area contributed by atoms with Gasteiger partial charge in [-0.2, -0.15) is 0 Å². The Hall–Kier alpha value is -3.97. The molecule has 0 atom stereocenters. The Labute approximate surface area is 197 Å². The lowest BCUT2D eigenvalue weighted by atomic mass is 9.99. The van der Waals surface area contributed by atoms with Gasteiger partial charge >= 0.3 is 12.0 Å². The standard InChI is InChI=1S/C27H25N3O4/c31-25(20-5-2-1-3-6-20)21-7-4-8-24(15-21)30-14-13-29(27(30)34)23-11-9-19(10-12-23)16-28-17-22(18-28)26(32)33/h1-12,15,22H,13-14,16-18H2,(H,32,33). The van der Waals surface area contributed by atoms with Gasteiger partial charge in [-0.05, 0) is 29.8 Å². The molecule has 0 radical (unpaired) electrons. The van der Waals surface area contributed by atoms with Crippen LogP contribution in [0, 0.1) is 5.92 Å². The summed E-state index contributed by atoms with van der Waals surface area (Å²) in [6, 6.07) is 24.0. The molecule has 1 N–H and O–H groups in total. The van der Waals surface area contributed by atoms with Gasteiger partial charge in [0.2, 0.25) is 0 Å². The van der Waals surface area contributed by atoms with Gasteiger partial charge in [0, 0.05) is 55.2 Å². The molecule has 2 saturated heterocycles. The summed E-state index contributed by atoms with van der Waals surface area (Å²) in [5.74, 6) is -1.08. The molecule has 0 spiro atoms. The van der Waals surface area contributed by atoms with E-state index in [4.69, 9.17) is 5.11 Å². The summed E-state index contributed by atoms with van der Waals surface area (Å²) >= 11 is 0. The molecule has 2 aliphatic rings. The van der Waals surface area contributed by atoms with Gasteiger partial charge < -0.3 is 5.11 Å². The molecular weight excluding hydrogens is 430 g/mol. The molecule has 3 aromatic rings. The number of nitrogens with zero attached hydrogens (tertiary/aromatic N) is 3. The molecule has 34 heavy (non-hydrogen) atoms. The van der Waals surface area contributed by atoms with Crippen LogP contribution < -0.4 is 9.80 Å². The van der Waals surface area contributed by atoms with Crippen LogP contribution in [0.3, 0.4) is 0 Å². The average molecular weight is 456 g/mol. The monoisotopic (exact) mass is 455 g/mol. The van der Waals surface area contributed by atoms with Crippen LogP contribution >= 0.6 is 0 Å². The van der Waals surface area contributed by atoms with Crippen molar-refractivity contribution in [3.05, 3.63) is 95.6 Å². The highest BCUT2D eigenvalue weighted by Crippen LogP contribution is 2.27. The largest absolute Gasteiger partial charge is 0.481 e. The Bertz CT molecular complexity index is 1220. The molecule has 0 aliphatic carbocycles. The van der Waals surface area contributed by atoms with Gasteiger partial charge in [-0.15, -0.1) is 0 Å². The van der Waals surface area contributed by atoms with Crippen molar-refractivity contribution in [1.82, 2.24) is 4.90 Å². The minimum atomic E-state index is -0.737. The second kappa shape index (κ2) is 9.11. The van der Waals surface area contributed by atoms with Crippen LogP contribution in [0.15, 0.2) is 78.9 Å². The Morgan fingerprint density at radius 3 is 2.12 bits per heavy atom. The van der Waals surface area contributed by atoms with E-state index in [1.54, 1.807) is 40.1 Å². The van der Waals surface area contributed by atoms with Gasteiger partial charge in [-0.3, -0.25) is 24.3 Å². The van der Waals surface area contributed by atoms with E-state index < -0.39 is 5.97 Å². The van der Waals surface area contributed by atoms with Crippen LogP contribution in [0.4, 0.5) is 16.2 Å². The first-order valence-corrected chi connectivity index (χ1v) is 11.3. The normalized spacial score (nSPS) is 16.5. The number of hydrogen-bond donors (Lipinski definition) is 1. The van der Waals surface area contributed by atoms with Gasteiger partial charge in [-0.25, -0.2) is 4.79 Å². The van der Waals surface area contributed by atoms with Crippen LogP contribution in [0.2, 0.25) is 0 Å². The third kappa shape index (κ3) is 4.30. The number of hydrogen-bond acceptors (Lipinski definition) is 4. The zero-order valence-electron chi connectivity index (χ0n) is 18.6. The zero-order valence-corrected chi connectivity index (χ0v) is 18.6. The Kier molecular flexibility index (Phi) is 5.86. The predicted molar refractivity (Wildman–Crippen MR) is 129 cm³/mol. The quantitative estimate of drug-likeness (QED) is 0.547. The van der Waals surface area contributed by atoms with E-state index in [1.165, 1.54) is 0 Å². The first kappa shape index (κ1) is 21.9. The number of ketones is 1.